The summed E-state index contributed by atoms with van der Waals surface area (Å²) < 4.78 is 1.66. The van der Waals surface area contributed by atoms with Gasteiger partial charge in [-0.1, -0.05) is 41.1 Å². The summed E-state index contributed by atoms with van der Waals surface area (Å²) in [4.78, 5) is 0. The first-order valence-corrected chi connectivity index (χ1v) is 5.73. The van der Waals surface area contributed by atoms with Crippen LogP contribution in [0.1, 0.15) is 12.6 Å². The first-order chi connectivity index (χ1) is 8.61. The Hall–Kier alpha value is -2.12. The molecule has 90 valence electrons. The van der Waals surface area contributed by atoms with E-state index < -0.39 is 0 Å². The second-order valence-corrected chi connectivity index (χ2v) is 4.46. The Kier molecular flexibility index (Phi) is 3.45. The van der Waals surface area contributed by atoms with E-state index >= 15 is 0 Å². The summed E-state index contributed by atoms with van der Waals surface area (Å²) in [5.74, 6) is 0. The Morgan fingerprint density at radius 1 is 1.56 bits per heavy atom. The minimum atomic E-state index is 0.290. The minimum absolute atomic E-state index is 0.290. The molecule has 4 nitrogen and oxygen atoms in total. The fraction of sp³-hybridized carbons (Fsp3) is 0.154. The van der Waals surface area contributed by atoms with Gasteiger partial charge in [0.1, 0.15) is 11.8 Å². The summed E-state index contributed by atoms with van der Waals surface area (Å²) in [6.07, 6.45) is 0. The number of benzene rings is 1. The molecule has 0 bridgehead atoms. The van der Waals surface area contributed by atoms with Crippen molar-refractivity contribution in [2.24, 2.45) is 0 Å². The average molecular weight is 259 g/mol. The maximum Gasteiger partial charge on any atom is 0.190 e. The van der Waals surface area contributed by atoms with Crippen molar-refractivity contribution < 1.29 is 0 Å². The third kappa shape index (κ3) is 2.41. The molecule has 0 atom stereocenters. The molecular weight excluding hydrogens is 248 g/mol. The Morgan fingerprint density at radius 2 is 2.33 bits per heavy atom. The van der Waals surface area contributed by atoms with Gasteiger partial charge < -0.3 is 0 Å². The van der Waals surface area contributed by atoms with Crippen molar-refractivity contribution in [1.82, 2.24) is 15.0 Å². The van der Waals surface area contributed by atoms with Crippen LogP contribution < -0.4 is 0 Å². The predicted octanol–water partition coefficient (Wildman–Crippen LogP) is 3.05. The van der Waals surface area contributed by atoms with E-state index in [1.807, 2.05) is 25.1 Å². The van der Waals surface area contributed by atoms with Crippen LogP contribution >= 0.6 is 11.6 Å². The van der Waals surface area contributed by atoms with Gasteiger partial charge in [0.05, 0.1) is 6.54 Å². The lowest BCUT2D eigenvalue weighted by atomic mass is 10.1. The van der Waals surface area contributed by atoms with Crippen LogP contribution in [0.2, 0.25) is 5.02 Å². The second kappa shape index (κ2) is 5.03. The zero-order chi connectivity index (χ0) is 13.1. The summed E-state index contributed by atoms with van der Waals surface area (Å²) in [6.45, 7) is 6.26. The van der Waals surface area contributed by atoms with Crippen LogP contribution in [0.3, 0.4) is 0 Å². The monoisotopic (exact) mass is 258 g/mol. The van der Waals surface area contributed by atoms with E-state index in [1.54, 1.807) is 16.8 Å². The van der Waals surface area contributed by atoms with Gasteiger partial charge in [-0.05, 0) is 19.1 Å². The second-order valence-electron chi connectivity index (χ2n) is 4.02. The Morgan fingerprint density at radius 3 is 2.94 bits per heavy atom. The van der Waals surface area contributed by atoms with Crippen LogP contribution in [0.5, 0.6) is 0 Å². The maximum absolute atomic E-state index is 9.08. The molecule has 0 amide bonds. The smallest absolute Gasteiger partial charge is 0.190 e. The highest BCUT2D eigenvalue weighted by molar-refractivity contribution is 6.30. The molecule has 0 N–H and O–H groups in total. The molecule has 18 heavy (non-hydrogen) atoms. The molecule has 5 heteroatoms. The number of halogens is 1. The lowest BCUT2D eigenvalue weighted by Crippen LogP contribution is -2.03. The Labute approximate surface area is 110 Å². The van der Waals surface area contributed by atoms with E-state index in [0.717, 1.165) is 11.1 Å². The fourth-order valence-corrected chi connectivity index (χ4v) is 1.87. The van der Waals surface area contributed by atoms with Crippen LogP contribution in [0.15, 0.2) is 36.4 Å². The predicted molar refractivity (Wildman–Crippen MR) is 70.0 cm³/mol. The maximum atomic E-state index is 9.08. The van der Waals surface area contributed by atoms with Crippen molar-refractivity contribution in [3.05, 3.63) is 47.1 Å². The molecule has 1 heterocycles. The molecule has 0 aliphatic carbocycles. The minimum Gasteiger partial charge on any atom is -0.239 e. The number of nitrogens with zero attached hydrogens (tertiary/aromatic N) is 4. The molecule has 0 unspecified atom stereocenters. The van der Waals surface area contributed by atoms with Gasteiger partial charge in [0.25, 0.3) is 0 Å². The number of hydrogen-bond donors (Lipinski definition) is 0. The third-order valence-electron chi connectivity index (χ3n) is 2.36. The topological polar surface area (TPSA) is 54.5 Å². The largest absolute Gasteiger partial charge is 0.239 e. The van der Waals surface area contributed by atoms with Crippen LogP contribution in [0.25, 0.3) is 11.3 Å². The lowest BCUT2D eigenvalue weighted by Gasteiger charge is -2.06. The quantitative estimate of drug-likeness (QED) is 0.795. The molecular formula is C13H11ClN4. The first-order valence-electron chi connectivity index (χ1n) is 5.35. The number of rotatable bonds is 3. The third-order valence-corrected chi connectivity index (χ3v) is 2.59. The Balaban J connectivity index is 2.57. The molecule has 2 aromatic rings. The molecule has 0 aliphatic rings. The van der Waals surface area contributed by atoms with Gasteiger partial charge >= 0.3 is 0 Å². The summed E-state index contributed by atoms with van der Waals surface area (Å²) in [5.41, 5.74) is 2.72. The summed E-state index contributed by atoms with van der Waals surface area (Å²) in [5, 5.41) is 17.5. The van der Waals surface area contributed by atoms with Gasteiger partial charge in [-0.15, -0.1) is 5.10 Å². The molecule has 0 spiro atoms. The van der Waals surface area contributed by atoms with Gasteiger partial charge in [0.2, 0.25) is 0 Å². The zero-order valence-electron chi connectivity index (χ0n) is 9.89. The highest BCUT2D eigenvalue weighted by atomic mass is 35.5. The van der Waals surface area contributed by atoms with E-state index in [9.17, 15) is 0 Å². The molecule has 0 radical (unpaired) electrons. The van der Waals surface area contributed by atoms with Crippen molar-refractivity contribution in [2.45, 2.75) is 13.5 Å². The number of aromatic nitrogens is 3. The highest BCUT2D eigenvalue weighted by Crippen LogP contribution is 2.25. The van der Waals surface area contributed by atoms with Gasteiger partial charge in [-0.2, -0.15) is 5.26 Å². The molecule has 0 aliphatic heterocycles. The normalized spacial score (nSPS) is 10.1. The summed E-state index contributed by atoms with van der Waals surface area (Å²) in [7, 11) is 0. The summed E-state index contributed by atoms with van der Waals surface area (Å²) >= 11 is 5.96. The van der Waals surface area contributed by atoms with Crippen LogP contribution in [0.4, 0.5) is 0 Å². The summed E-state index contributed by atoms with van der Waals surface area (Å²) in [6, 6.07) is 9.32. The molecule has 1 aromatic heterocycles. The van der Waals surface area contributed by atoms with Crippen molar-refractivity contribution in [2.75, 3.05) is 0 Å². The van der Waals surface area contributed by atoms with E-state index in [0.29, 0.717) is 23.0 Å². The van der Waals surface area contributed by atoms with Gasteiger partial charge in [-0.25, -0.2) is 4.68 Å². The van der Waals surface area contributed by atoms with E-state index in [4.69, 9.17) is 16.9 Å². The van der Waals surface area contributed by atoms with Gasteiger partial charge in [-0.3, -0.25) is 0 Å². The van der Waals surface area contributed by atoms with Crippen molar-refractivity contribution in [3.8, 4) is 17.3 Å². The fourth-order valence-electron chi connectivity index (χ4n) is 1.68. The van der Waals surface area contributed by atoms with Crippen LogP contribution in [-0.4, -0.2) is 15.0 Å². The highest BCUT2D eigenvalue weighted by Gasteiger charge is 2.14. The van der Waals surface area contributed by atoms with E-state index in [1.165, 1.54) is 0 Å². The molecule has 1 aromatic carbocycles. The number of hydrogen-bond acceptors (Lipinski definition) is 3. The zero-order valence-corrected chi connectivity index (χ0v) is 10.6. The van der Waals surface area contributed by atoms with E-state index in [2.05, 4.69) is 16.9 Å². The van der Waals surface area contributed by atoms with Crippen molar-refractivity contribution >= 4 is 11.6 Å². The molecule has 0 fully saturated rings. The van der Waals surface area contributed by atoms with Crippen LogP contribution in [0, 0.1) is 11.3 Å². The first kappa shape index (κ1) is 12.3. The molecule has 0 saturated carbocycles. The molecule has 0 saturated heterocycles. The Bertz CT molecular complexity index is 637. The van der Waals surface area contributed by atoms with E-state index in [-0.39, 0.29) is 0 Å². The molecule has 2 rings (SSSR count). The van der Waals surface area contributed by atoms with Crippen molar-refractivity contribution in [1.29, 1.82) is 5.26 Å². The number of allylic oxidation sites excluding steroid dienone is 1. The SMILES string of the molecule is C=C(C)Cn1nnc(C#N)c1-c1cccc(Cl)c1. The van der Waals surface area contributed by atoms with Crippen molar-refractivity contribution in [3.63, 3.8) is 0 Å². The van der Waals surface area contributed by atoms with Gasteiger partial charge in [0.15, 0.2) is 5.69 Å². The average Bonchev–Trinajstić information content (AvgIpc) is 2.71. The van der Waals surface area contributed by atoms with Crippen LogP contribution in [-0.2, 0) is 6.54 Å². The number of nitriles is 1. The lowest BCUT2D eigenvalue weighted by molar-refractivity contribution is 0.649. The standard InChI is InChI=1S/C13H11ClN4/c1-9(2)8-18-13(12(7-15)16-17-18)10-4-3-5-11(14)6-10/h3-6H,1,8H2,2H3. The van der Waals surface area contributed by atoms with Gasteiger partial charge in [0, 0.05) is 10.6 Å².